The molecule has 462 valence electrons. The molecule has 9 aliphatic carbocycles. The van der Waals surface area contributed by atoms with E-state index in [9.17, 15) is 0 Å². The van der Waals surface area contributed by atoms with Gasteiger partial charge in [0.25, 0.3) is 0 Å². The first kappa shape index (κ1) is 56.7. The SMILES string of the molecule is CC.CC.CC.Cc1c2c3c(c(C)c(C)c4c5c(C)c(C)c6c7c(c(C)c(C)c(c(c1C)c34)c75)C6)C2.Cc1c2c3c(c(C)c4c5c6c(c(C)c7c8c(c(C)c(C)c(c(c1C)c35)c86)C7)C4)C2.Cc1c2c3c(c(C)c4c5c6c(c(C)c7c8c(c(C)c9c(c(c1C9)c35)c86)C7)C4)C2. The van der Waals surface area contributed by atoms with Crippen LogP contribution in [0.1, 0.15) is 242 Å². The molecule has 0 fully saturated rings. The van der Waals surface area contributed by atoms with Crippen LogP contribution in [-0.4, -0.2) is 0 Å². The molecule has 0 heteroatoms. The topological polar surface area (TPSA) is 0 Å². The van der Waals surface area contributed by atoms with Gasteiger partial charge in [-0.2, -0.15) is 0 Å². The molecule has 9 aliphatic rings. The maximum Gasteiger partial charge on any atom is -0.000752 e. The third-order valence-electron chi connectivity index (χ3n) is 28.4. The Hall–Kier alpha value is -7.80. The number of rotatable bonds is 0. The first-order valence-corrected chi connectivity index (χ1v) is 36.4. The Labute approximate surface area is 550 Å². The van der Waals surface area contributed by atoms with Crippen LogP contribution in [0.25, 0.3) is 129 Å². The zero-order chi connectivity index (χ0) is 65.0. The number of hydrogen-bond donors (Lipinski definition) is 0. The normalized spacial score (nSPS) is 14.7. The van der Waals surface area contributed by atoms with Crippen LogP contribution in [0.3, 0.4) is 0 Å². The number of benzene rings is 15. The fraction of sp³-hybridized carbons (Fsp3) is 0.355. The van der Waals surface area contributed by atoms with Crippen molar-refractivity contribution in [3.8, 4) is 0 Å². The van der Waals surface area contributed by atoms with E-state index in [0.717, 1.165) is 19.3 Å². The second-order valence-electron chi connectivity index (χ2n) is 30.5. The van der Waals surface area contributed by atoms with Gasteiger partial charge in [0, 0.05) is 0 Å². The van der Waals surface area contributed by atoms with Gasteiger partial charge >= 0.3 is 0 Å². The molecule has 0 atom stereocenters. The minimum absolute atomic E-state index is 1.15. The summed E-state index contributed by atoms with van der Waals surface area (Å²) in [5, 5.41) is 38.6. The zero-order valence-corrected chi connectivity index (χ0v) is 60.4. The van der Waals surface area contributed by atoms with Crippen LogP contribution in [0.5, 0.6) is 0 Å². The Morgan fingerprint density at radius 1 is 0.0968 bits per heavy atom. The first-order valence-electron chi connectivity index (χ1n) is 36.4. The minimum atomic E-state index is 1.15. The van der Waals surface area contributed by atoms with Crippen molar-refractivity contribution < 1.29 is 0 Å². The molecule has 0 radical (unpaired) electrons. The van der Waals surface area contributed by atoms with E-state index in [1.54, 1.807) is 274 Å². The fourth-order valence-electron chi connectivity index (χ4n) is 22.6. The van der Waals surface area contributed by atoms with Crippen LogP contribution < -0.4 is 0 Å². The summed E-state index contributed by atoms with van der Waals surface area (Å²) in [6.07, 6.45) is 10.6. The lowest BCUT2D eigenvalue weighted by Crippen LogP contribution is -2.15. The molecular formula is C93H90. The van der Waals surface area contributed by atoms with E-state index in [2.05, 4.69) is 125 Å². The first-order chi connectivity index (χ1) is 44.7. The number of aryl methyl sites for hydroxylation is 6. The van der Waals surface area contributed by atoms with Gasteiger partial charge in [0.05, 0.1) is 0 Å². The summed E-state index contributed by atoms with van der Waals surface area (Å²) in [6, 6.07) is 0. The van der Waals surface area contributed by atoms with E-state index in [0.29, 0.717) is 0 Å². The van der Waals surface area contributed by atoms with Gasteiger partial charge in [-0.1, -0.05) is 41.5 Å². The average molecular weight is 1210 g/mol. The van der Waals surface area contributed by atoms with E-state index in [1.165, 1.54) is 94.2 Å². The van der Waals surface area contributed by atoms with E-state index in [4.69, 9.17) is 0 Å². The number of hydrogen-bond acceptors (Lipinski definition) is 0. The molecule has 0 saturated heterocycles. The van der Waals surface area contributed by atoms with Crippen molar-refractivity contribution in [1.29, 1.82) is 0 Å². The van der Waals surface area contributed by atoms with Crippen molar-refractivity contribution in [3.05, 3.63) is 200 Å². The quantitative estimate of drug-likeness (QED) is 0.105. The molecule has 0 saturated carbocycles. The smallest absolute Gasteiger partial charge is 0.000752 e. The zero-order valence-electron chi connectivity index (χ0n) is 60.4. The van der Waals surface area contributed by atoms with E-state index in [1.807, 2.05) is 41.5 Å². The molecule has 0 aromatic heterocycles. The maximum atomic E-state index is 2.41. The minimum Gasteiger partial charge on any atom is -0.0683 e. The van der Waals surface area contributed by atoms with Gasteiger partial charge in [0.2, 0.25) is 0 Å². The van der Waals surface area contributed by atoms with Crippen molar-refractivity contribution in [2.24, 2.45) is 0 Å². The van der Waals surface area contributed by atoms with Crippen LogP contribution in [0.4, 0.5) is 0 Å². The van der Waals surface area contributed by atoms with Crippen LogP contribution >= 0.6 is 0 Å². The monoisotopic (exact) mass is 1210 g/mol. The third-order valence-corrected chi connectivity index (χ3v) is 28.4. The predicted molar refractivity (Wildman–Crippen MR) is 408 cm³/mol. The summed E-state index contributed by atoms with van der Waals surface area (Å²) in [7, 11) is 0. The van der Waals surface area contributed by atoms with Gasteiger partial charge in [0.1, 0.15) is 0 Å². The summed E-state index contributed by atoms with van der Waals surface area (Å²) in [5.74, 6) is 0. The Balaban J connectivity index is 0.0000000955. The molecule has 24 rings (SSSR count). The van der Waals surface area contributed by atoms with Gasteiger partial charge in [-0.05, 0) is 512 Å². The second-order valence-corrected chi connectivity index (χ2v) is 30.5. The highest BCUT2D eigenvalue weighted by Crippen LogP contribution is 2.63. The molecule has 15 aromatic carbocycles. The molecule has 0 unspecified atom stereocenters. The molecule has 15 aromatic rings. The third kappa shape index (κ3) is 5.69. The van der Waals surface area contributed by atoms with Crippen LogP contribution in [0, 0.1) is 125 Å². The molecule has 0 N–H and O–H groups in total. The molecule has 0 nitrogen and oxygen atoms in total. The van der Waals surface area contributed by atoms with E-state index >= 15 is 0 Å². The average Bonchev–Trinajstić information content (AvgIpc) is 1.65. The van der Waals surface area contributed by atoms with Crippen molar-refractivity contribution in [2.45, 2.75) is 224 Å². The van der Waals surface area contributed by atoms with E-state index in [-0.39, 0.29) is 0 Å². The van der Waals surface area contributed by atoms with Gasteiger partial charge in [0.15, 0.2) is 0 Å². The summed E-state index contributed by atoms with van der Waals surface area (Å²) in [4.78, 5) is 0. The van der Waals surface area contributed by atoms with Crippen molar-refractivity contribution in [3.63, 3.8) is 0 Å². The standard InChI is InChI=1S/C30H28.C29H24.C28H20.3C2H6/c1-11-15(5)23-24-16(6)13(3)21-10-22-14(4)18(8)26(30(24)28(21)22)25-17(7)12(2)20-9-19(11)27(20)29(23)25;1-10-12(3)22-23-13(4)11(2)17-8-19-15(6)21-9-20-14(5)18-7-16(10)24(18)28(22)26(20)27(21)29(23)25(17)19;1-9-13-5-14-10(2)19-8-20-12(4)16-6-15-11(3)18-7-17(9)23-24(18)28(22(15)16)26(20)25(19)27(23)21(13)14;3*1-2/h9-10H2,1-8H3;7-9H2,1-6H3;5-8H2,1-4H3;3*1-2H3. The summed E-state index contributed by atoms with van der Waals surface area (Å²) >= 11 is 0. The van der Waals surface area contributed by atoms with E-state index < -0.39 is 0 Å². The largest absolute Gasteiger partial charge is 0.0683 e. The van der Waals surface area contributed by atoms with Gasteiger partial charge in [-0.25, -0.2) is 0 Å². The lowest BCUT2D eigenvalue weighted by Gasteiger charge is -2.35. The highest BCUT2D eigenvalue weighted by Gasteiger charge is 2.43. The van der Waals surface area contributed by atoms with Crippen molar-refractivity contribution in [2.75, 3.05) is 0 Å². The predicted octanol–water partition coefficient (Wildman–Crippen LogP) is 25.0. The molecule has 0 amide bonds. The van der Waals surface area contributed by atoms with Gasteiger partial charge in [-0.15, -0.1) is 0 Å². The molecule has 0 aliphatic heterocycles. The van der Waals surface area contributed by atoms with Crippen molar-refractivity contribution in [1.82, 2.24) is 0 Å². The molecule has 0 bridgehead atoms. The maximum absolute atomic E-state index is 2.41. The van der Waals surface area contributed by atoms with Gasteiger partial charge in [-0.3, -0.25) is 0 Å². The molecular weight excluding hydrogens is 1120 g/mol. The number of fused-ring (bicyclic) bond motifs is 3. The molecule has 0 spiro atoms. The Bertz CT molecular complexity index is 5710. The van der Waals surface area contributed by atoms with Crippen LogP contribution in [-0.2, 0) is 57.8 Å². The fourth-order valence-corrected chi connectivity index (χ4v) is 22.6. The highest BCUT2D eigenvalue weighted by atomic mass is 14.5. The van der Waals surface area contributed by atoms with Crippen molar-refractivity contribution >= 4 is 129 Å². The Kier molecular flexibility index (Phi) is 10.8. The summed E-state index contributed by atoms with van der Waals surface area (Å²) < 4.78 is 0. The Morgan fingerprint density at radius 3 is 0.333 bits per heavy atom. The second kappa shape index (κ2) is 17.8. The van der Waals surface area contributed by atoms with Crippen LogP contribution in [0.15, 0.2) is 0 Å². The highest BCUT2D eigenvalue weighted by molar-refractivity contribution is 6.43. The van der Waals surface area contributed by atoms with Gasteiger partial charge < -0.3 is 0 Å². The molecule has 93 heavy (non-hydrogen) atoms. The molecule has 0 heterocycles. The lowest BCUT2D eigenvalue weighted by molar-refractivity contribution is 1.04. The summed E-state index contributed by atoms with van der Waals surface area (Å²) in [6.45, 7) is 54.9. The summed E-state index contributed by atoms with van der Waals surface area (Å²) in [5.41, 5.74) is 57.5. The van der Waals surface area contributed by atoms with Crippen LogP contribution in [0.2, 0.25) is 0 Å². The Morgan fingerprint density at radius 2 is 0.194 bits per heavy atom. The lowest BCUT2D eigenvalue weighted by atomic mass is 9.68.